The highest BCUT2D eigenvalue weighted by Crippen LogP contribution is 2.24. The first-order valence-corrected chi connectivity index (χ1v) is 7.19. The Bertz CT molecular complexity index is 458. The second-order valence-corrected chi connectivity index (χ2v) is 6.41. The quantitative estimate of drug-likeness (QED) is 0.878. The van der Waals surface area contributed by atoms with Gasteiger partial charge in [-0.05, 0) is 58.2 Å². The second kappa shape index (κ2) is 5.83. The molecule has 1 aliphatic rings. The lowest BCUT2D eigenvalue weighted by atomic mass is 10.1. The molecule has 2 rings (SSSR count). The van der Waals surface area contributed by atoms with Crippen LogP contribution in [0.5, 0.6) is 0 Å². The number of anilines is 1. The summed E-state index contributed by atoms with van der Waals surface area (Å²) < 4.78 is 5.22. The summed E-state index contributed by atoms with van der Waals surface area (Å²) in [7, 11) is 0. The van der Waals surface area contributed by atoms with E-state index in [2.05, 4.69) is 17.6 Å². The summed E-state index contributed by atoms with van der Waals surface area (Å²) >= 11 is 0. The molecule has 0 aromatic heterocycles. The summed E-state index contributed by atoms with van der Waals surface area (Å²) in [5.74, 6) is 0. The zero-order chi connectivity index (χ0) is 14.8. The summed E-state index contributed by atoms with van der Waals surface area (Å²) in [6.45, 7) is 7.71. The van der Waals surface area contributed by atoms with Crippen molar-refractivity contribution < 1.29 is 9.53 Å². The van der Waals surface area contributed by atoms with Crippen LogP contribution in [-0.2, 0) is 4.74 Å². The van der Waals surface area contributed by atoms with Crippen LogP contribution in [0.4, 0.5) is 10.5 Å². The first-order valence-electron chi connectivity index (χ1n) is 7.19. The molecule has 1 aliphatic carbocycles. The molecule has 1 atom stereocenters. The zero-order valence-corrected chi connectivity index (χ0v) is 12.7. The first kappa shape index (κ1) is 14.9. The van der Waals surface area contributed by atoms with Gasteiger partial charge in [-0.1, -0.05) is 12.1 Å². The predicted molar refractivity (Wildman–Crippen MR) is 80.9 cm³/mol. The molecule has 0 heterocycles. The molecule has 4 nitrogen and oxygen atoms in total. The van der Waals surface area contributed by atoms with Gasteiger partial charge in [0.25, 0.3) is 0 Å². The van der Waals surface area contributed by atoms with Crippen LogP contribution < -0.4 is 10.6 Å². The molecule has 1 aromatic rings. The molecule has 0 aliphatic heterocycles. The fourth-order valence-corrected chi connectivity index (χ4v) is 1.98. The molecular weight excluding hydrogens is 252 g/mol. The van der Waals surface area contributed by atoms with Crippen LogP contribution in [0.25, 0.3) is 0 Å². The summed E-state index contributed by atoms with van der Waals surface area (Å²) in [5.41, 5.74) is 1.50. The van der Waals surface area contributed by atoms with Gasteiger partial charge in [0.15, 0.2) is 0 Å². The highest BCUT2D eigenvalue weighted by atomic mass is 16.6. The maximum Gasteiger partial charge on any atom is 0.412 e. The molecule has 2 N–H and O–H groups in total. The zero-order valence-electron chi connectivity index (χ0n) is 12.7. The number of carbonyl (C=O) groups is 1. The van der Waals surface area contributed by atoms with E-state index in [1.165, 1.54) is 18.4 Å². The Labute approximate surface area is 120 Å². The molecule has 1 unspecified atom stereocenters. The van der Waals surface area contributed by atoms with E-state index in [1.807, 2.05) is 45.0 Å². The van der Waals surface area contributed by atoms with Crippen molar-refractivity contribution >= 4 is 11.8 Å². The Kier molecular flexibility index (Phi) is 4.33. The fourth-order valence-electron chi connectivity index (χ4n) is 1.98. The lowest BCUT2D eigenvalue weighted by Crippen LogP contribution is -2.27. The van der Waals surface area contributed by atoms with E-state index in [1.54, 1.807) is 0 Å². The third-order valence-electron chi connectivity index (χ3n) is 3.12. The van der Waals surface area contributed by atoms with Crippen LogP contribution in [0.3, 0.4) is 0 Å². The molecule has 1 aromatic carbocycles. The molecule has 1 fully saturated rings. The Balaban J connectivity index is 1.88. The van der Waals surface area contributed by atoms with Gasteiger partial charge < -0.3 is 10.1 Å². The third-order valence-corrected chi connectivity index (χ3v) is 3.12. The van der Waals surface area contributed by atoms with Gasteiger partial charge in [-0.15, -0.1) is 0 Å². The Morgan fingerprint density at radius 1 is 1.25 bits per heavy atom. The average molecular weight is 276 g/mol. The monoisotopic (exact) mass is 276 g/mol. The minimum absolute atomic E-state index is 0.345. The van der Waals surface area contributed by atoms with Crippen LogP contribution in [0.15, 0.2) is 24.3 Å². The smallest absolute Gasteiger partial charge is 0.412 e. The van der Waals surface area contributed by atoms with Crippen molar-refractivity contribution in [1.82, 2.24) is 5.32 Å². The Morgan fingerprint density at radius 2 is 1.85 bits per heavy atom. The highest BCUT2D eigenvalue weighted by Gasteiger charge is 2.23. The van der Waals surface area contributed by atoms with Crippen molar-refractivity contribution in [2.45, 2.75) is 58.2 Å². The molecule has 0 radical (unpaired) electrons. The molecule has 0 saturated heterocycles. The van der Waals surface area contributed by atoms with Crippen LogP contribution in [-0.4, -0.2) is 17.7 Å². The van der Waals surface area contributed by atoms with Crippen LogP contribution >= 0.6 is 0 Å². The van der Waals surface area contributed by atoms with E-state index in [-0.39, 0.29) is 0 Å². The fraction of sp³-hybridized carbons (Fsp3) is 0.562. The lowest BCUT2D eigenvalue weighted by Gasteiger charge is -2.20. The van der Waals surface area contributed by atoms with Crippen LogP contribution in [0.2, 0.25) is 0 Å². The van der Waals surface area contributed by atoms with Gasteiger partial charge in [0.2, 0.25) is 0 Å². The molecule has 1 amide bonds. The molecule has 110 valence electrons. The topological polar surface area (TPSA) is 50.4 Å². The standard InChI is InChI=1S/C16H24N2O2/c1-11(17-13-9-10-13)12-5-7-14(8-6-12)18-15(19)20-16(2,3)4/h5-8,11,13,17H,9-10H2,1-4H3,(H,18,19). The summed E-state index contributed by atoms with van der Waals surface area (Å²) in [4.78, 5) is 11.7. The van der Waals surface area contributed by atoms with Crippen molar-refractivity contribution in [3.05, 3.63) is 29.8 Å². The van der Waals surface area contributed by atoms with Crippen molar-refractivity contribution in [3.63, 3.8) is 0 Å². The van der Waals surface area contributed by atoms with Gasteiger partial charge in [0.1, 0.15) is 5.60 Å². The van der Waals surface area contributed by atoms with Gasteiger partial charge in [-0.2, -0.15) is 0 Å². The Morgan fingerprint density at radius 3 is 2.35 bits per heavy atom. The minimum Gasteiger partial charge on any atom is -0.444 e. The minimum atomic E-state index is -0.479. The maximum absolute atomic E-state index is 11.7. The van der Waals surface area contributed by atoms with Gasteiger partial charge >= 0.3 is 6.09 Å². The number of hydrogen-bond acceptors (Lipinski definition) is 3. The average Bonchev–Trinajstić information content (AvgIpc) is 3.11. The predicted octanol–water partition coefficient (Wildman–Crippen LogP) is 3.85. The lowest BCUT2D eigenvalue weighted by molar-refractivity contribution is 0.0636. The van der Waals surface area contributed by atoms with E-state index in [0.29, 0.717) is 12.1 Å². The van der Waals surface area contributed by atoms with E-state index < -0.39 is 11.7 Å². The number of hydrogen-bond donors (Lipinski definition) is 2. The van der Waals surface area contributed by atoms with Gasteiger partial charge in [0.05, 0.1) is 0 Å². The van der Waals surface area contributed by atoms with Crippen molar-refractivity contribution in [2.75, 3.05) is 5.32 Å². The van der Waals surface area contributed by atoms with Crippen molar-refractivity contribution in [2.24, 2.45) is 0 Å². The number of amides is 1. The number of benzene rings is 1. The van der Waals surface area contributed by atoms with Gasteiger partial charge in [0, 0.05) is 17.8 Å². The highest BCUT2D eigenvalue weighted by molar-refractivity contribution is 5.84. The summed E-state index contributed by atoms with van der Waals surface area (Å²) in [5, 5.41) is 6.29. The van der Waals surface area contributed by atoms with Crippen LogP contribution in [0, 0.1) is 0 Å². The first-order chi connectivity index (χ1) is 9.33. The number of rotatable bonds is 4. The molecule has 0 spiro atoms. The Hall–Kier alpha value is -1.55. The van der Waals surface area contributed by atoms with Crippen LogP contribution in [0.1, 0.15) is 52.1 Å². The maximum atomic E-state index is 11.7. The summed E-state index contributed by atoms with van der Waals surface area (Å²) in [6.07, 6.45) is 2.14. The molecule has 0 bridgehead atoms. The van der Waals surface area contributed by atoms with E-state index >= 15 is 0 Å². The third kappa shape index (κ3) is 4.85. The second-order valence-electron chi connectivity index (χ2n) is 6.41. The summed E-state index contributed by atoms with van der Waals surface area (Å²) in [6, 6.07) is 8.91. The molecule has 4 heteroatoms. The van der Waals surface area contributed by atoms with Gasteiger partial charge in [-0.25, -0.2) is 4.79 Å². The number of nitrogens with one attached hydrogen (secondary N) is 2. The van der Waals surface area contributed by atoms with E-state index in [9.17, 15) is 4.79 Å². The SMILES string of the molecule is CC(NC1CC1)c1ccc(NC(=O)OC(C)(C)C)cc1. The van der Waals surface area contributed by atoms with E-state index in [0.717, 1.165) is 5.69 Å². The van der Waals surface area contributed by atoms with Crippen molar-refractivity contribution in [3.8, 4) is 0 Å². The van der Waals surface area contributed by atoms with Crippen molar-refractivity contribution in [1.29, 1.82) is 0 Å². The van der Waals surface area contributed by atoms with E-state index in [4.69, 9.17) is 4.74 Å². The number of ether oxygens (including phenoxy) is 1. The number of carbonyl (C=O) groups excluding carboxylic acids is 1. The largest absolute Gasteiger partial charge is 0.444 e. The normalized spacial score (nSPS) is 16.6. The molecule has 1 saturated carbocycles. The molecule has 20 heavy (non-hydrogen) atoms. The molecular formula is C16H24N2O2. The van der Waals surface area contributed by atoms with Gasteiger partial charge in [-0.3, -0.25) is 5.32 Å².